The van der Waals surface area contributed by atoms with Crippen molar-refractivity contribution in [2.45, 2.75) is 59.7 Å². The van der Waals surface area contributed by atoms with Crippen LogP contribution in [0.1, 0.15) is 72.6 Å². The number of carbonyl (C=O) groups is 6. The van der Waals surface area contributed by atoms with Gasteiger partial charge < -0.3 is 34.4 Å². The van der Waals surface area contributed by atoms with Gasteiger partial charge in [0.2, 0.25) is 0 Å². The summed E-state index contributed by atoms with van der Waals surface area (Å²) in [7, 11) is 0. The topological polar surface area (TPSA) is 204 Å². The number of benzene rings is 6. The van der Waals surface area contributed by atoms with Gasteiger partial charge >= 0.3 is 36.2 Å². The Hall–Kier alpha value is -8.66. The van der Waals surface area contributed by atoms with Gasteiger partial charge in [-0.15, -0.1) is 0 Å². The second-order valence-electron chi connectivity index (χ2n) is 19.4. The average molecular weight is 987 g/mol. The molecule has 0 spiro atoms. The van der Waals surface area contributed by atoms with E-state index in [0.29, 0.717) is 16.7 Å². The molecule has 0 aromatic heterocycles. The van der Waals surface area contributed by atoms with Crippen molar-refractivity contribution < 1.29 is 58.3 Å². The van der Waals surface area contributed by atoms with Gasteiger partial charge in [0.05, 0.1) is 51.9 Å². The Bertz CT molecular complexity index is 2820. The molecule has 3 saturated heterocycles. The number of anilines is 6. The first-order valence-corrected chi connectivity index (χ1v) is 24.0. The predicted molar refractivity (Wildman–Crippen MR) is 276 cm³/mol. The van der Waals surface area contributed by atoms with E-state index in [4.69, 9.17) is 14.2 Å². The summed E-state index contributed by atoms with van der Waals surface area (Å²) in [6.07, 6.45) is -1.82. The van der Waals surface area contributed by atoms with Crippen molar-refractivity contribution in [2.24, 2.45) is 17.8 Å². The number of cyclic esters (lactones) is 3. The minimum absolute atomic E-state index is 0.00332. The fraction of sp³-hybridized carbons (Fsp3) is 0.263. The summed E-state index contributed by atoms with van der Waals surface area (Å²) in [6, 6.07) is 36.7. The summed E-state index contributed by atoms with van der Waals surface area (Å²) in [5.74, 6) is -3.53. The highest BCUT2D eigenvalue weighted by Crippen LogP contribution is 2.42. The highest BCUT2D eigenvalue weighted by molar-refractivity contribution is 6.04. The van der Waals surface area contributed by atoms with Crippen LogP contribution in [0.5, 0.6) is 0 Å². The van der Waals surface area contributed by atoms with Crippen molar-refractivity contribution in [3.05, 3.63) is 144 Å². The lowest BCUT2D eigenvalue weighted by Gasteiger charge is -2.27. The van der Waals surface area contributed by atoms with Gasteiger partial charge in [0.15, 0.2) is 0 Å². The molecule has 0 bridgehead atoms. The number of hydrogen-bond donors (Lipinski definition) is 3. The third-order valence-electron chi connectivity index (χ3n) is 13.9. The van der Waals surface area contributed by atoms with Crippen molar-refractivity contribution >= 4 is 70.3 Å². The molecule has 6 aromatic rings. The molecule has 3 amide bonds. The first-order chi connectivity index (χ1) is 34.9. The minimum atomic E-state index is -1.17. The van der Waals surface area contributed by atoms with E-state index in [1.165, 1.54) is 32.9 Å². The smallest absolute Gasteiger partial charge is 0.414 e. The Kier molecular flexibility index (Phi) is 13.4. The Morgan fingerprint density at radius 3 is 0.863 bits per heavy atom. The van der Waals surface area contributed by atoms with E-state index in [9.17, 15) is 44.1 Å². The lowest BCUT2D eigenvalue weighted by atomic mass is 9.98. The molecule has 6 aromatic carbocycles. The summed E-state index contributed by atoms with van der Waals surface area (Å²) in [5, 5.41) is 30.5. The zero-order valence-electron chi connectivity index (χ0n) is 41.0. The van der Waals surface area contributed by atoms with Crippen LogP contribution in [0.3, 0.4) is 0 Å². The van der Waals surface area contributed by atoms with E-state index < -0.39 is 36.2 Å². The summed E-state index contributed by atoms with van der Waals surface area (Å²) in [4.78, 5) is 82.7. The molecular formula is C57H54N4O12. The quantitative estimate of drug-likeness (QED) is 0.0821. The molecule has 3 aliphatic heterocycles. The van der Waals surface area contributed by atoms with Crippen LogP contribution >= 0.6 is 0 Å². The zero-order chi connectivity index (χ0) is 52.0. The second-order valence-corrected chi connectivity index (χ2v) is 19.4. The van der Waals surface area contributed by atoms with Crippen LogP contribution in [0.25, 0.3) is 33.4 Å². The molecule has 16 nitrogen and oxygen atoms in total. The van der Waals surface area contributed by atoms with Crippen molar-refractivity contribution in [1.82, 2.24) is 0 Å². The molecule has 0 unspecified atom stereocenters. The zero-order valence-corrected chi connectivity index (χ0v) is 41.0. The summed E-state index contributed by atoms with van der Waals surface area (Å²) >= 11 is 0. The summed E-state index contributed by atoms with van der Waals surface area (Å²) < 4.78 is 16.1. The van der Waals surface area contributed by atoms with E-state index in [-0.39, 0.29) is 89.5 Å². The molecule has 16 heteroatoms. The number of amides is 3. The number of carbonyl (C=O) groups excluding carboxylic acids is 3. The molecule has 3 N–H and O–H groups in total. The minimum Gasteiger partial charge on any atom is -0.478 e. The van der Waals surface area contributed by atoms with Crippen LogP contribution in [0, 0.1) is 17.8 Å². The van der Waals surface area contributed by atoms with Gasteiger partial charge in [-0.2, -0.15) is 0 Å². The number of aromatic carboxylic acids is 3. The van der Waals surface area contributed by atoms with Crippen LogP contribution in [-0.4, -0.2) is 89.5 Å². The third-order valence-corrected chi connectivity index (χ3v) is 13.9. The summed E-state index contributed by atoms with van der Waals surface area (Å²) in [6.45, 7) is 12.1. The second kappa shape index (κ2) is 19.9. The number of carboxylic acid groups (broad SMARTS) is 3. The van der Waals surface area contributed by atoms with E-state index in [0.717, 1.165) is 33.8 Å². The maximum absolute atomic E-state index is 13.0. The first-order valence-electron chi connectivity index (χ1n) is 24.0. The van der Waals surface area contributed by atoms with Crippen molar-refractivity contribution in [3.8, 4) is 33.4 Å². The van der Waals surface area contributed by atoms with Gasteiger partial charge in [-0.25, -0.2) is 28.8 Å². The van der Waals surface area contributed by atoms with Crippen LogP contribution < -0.4 is 19.6 Å². The number of rotatable bonds is 15. The normalized spacial score (nSPS) is 17.6. The van der Waals surface area contributed by atoms with Crippen LogP contribution in [0.15, 0.2) is 127 Å². The molecular weight excluding hydrogens is 933 g/mol. The SMILES string of the molecule is CC(C)[C@H]1COC(=O)N1c1cc(-c2ccc(N(c3ccc(-c4ccc(C(=O)O)c(N5C(=O)OC[C@@H]5C(C)C)c4)cc3)c3ccc(-c4ccc(C(=O)O)c(N5C(=O)OC[C@@H]5C(C)C)c4)cc3)cc2)ccc1C(=O)O. The van der Waals surface area contributed by atoms with Gasteiger partial charge in [-0.05, 0) is 124 Å². The van der Waals surface area contributed by atoms with Crippen LogP contribution in [0.4, 0.5) is 48.5 Å². The van der Waals surface area contributed by atoms with Crippen LogP contribution in [-0.2, 0) is 14.2 Å². The van der Waals surface area contributed by atoms with Crippen molar-refractivity contribution in [1.29, 1.82) is 0 Å². The Labute approximate surface area is 421 Å². The Balaban J connectivity index is 1.10. The van der Waals surface area contributed by atoms with Gasteiger partial charge in [0.1, 0.15) is 19.8 Å². The van der Waals surface area contributed by atoms with Gasteiger partial charge in [0.25, 0.3) is 0 Å². The van der Waals surface area contributed by atoms with E-state index in [1.54, 1.807) is 36.4 Å². The van der Waals surface area contributed by atoms with Gasteiger partial charge in [-0.1, -0.05) is 96.1 Å². The van der Waals surface area contributed by atoms with E-state index in [1.807, 2.05) is 119 Å². The number of nitrogens with zero attached hydrogens (tertiary/aromatic N) is 4. The highest BCUT2D eigenvalue weighted by Gasteiger charge is 2.41. The molecule has 3 fully saturated rings. The van der Waals surface area contributed by atoms with Gasteiger partial charge in [-0.3, -0.25) is 14.7 Å². The summed E-state index contributed by atoms with van der Waals surface area (Å²) in [5.41, 5.74) is 7.19. The highest BCUT2D eigenvalue weighted by atomic mass is 16.6. The van der Waals surface area contributed by atoms with Gasteiger partial charge in [0, 0.05) is 17.1 Å². The predicted octanol–water partition coefficient (Wildman–Crippen LogP) is 12.2. The standard InChI is InChI=1S/C57H54N4O12/c1-31(2)49-28-71-55(68)59(49)46-25-37(13-22-43(46)52(62)63)34-7-16-40(17-8-34)58(41-18-9-35(10-19-41)38-14-23-44(53(64)65)47(26-38)60-50(32(3)4)29-72-56(60)69)42-20-11-36(12-21-42)39-15-24-45(54(66)67)48(27-39)61-51(33(5)6)30-73-57(61)70/h7-27,31-33,49-51H,28-30H2,1-6H3,(H,62,63)(H,64,65)(H,66,67)/t49-,50-,51-/m1/s1. The molecule has 3 atom stereocenters. The molecule has 3 heterocycles. The first kappa shape index (κ1) is 49.3. The molecule has 3 aliphatic rings. The number of ether oxygens (including phenoxy) is 3. The Morgan fingerprint density at radius 1 is 0.411 bits per heavy atom. The maximum atomic E-state index is 13.0. The largest absolute Gasteiger partial charge is 0.478 e. The van der Waals surface area contributed by atoms with E-state index in [2.05, 4.69) is 0 Å². The fourth-order valence-electron chi connectivity index (χ4n) is 9.74. The maximum Gasteiger partial charge on any atom is 0.414 e. The monoisotopic (exact) mass is 986 g/mol. The Morgan fingerprint density at radius 2 is 0.644 bits per heavy atom. The molecule has 374 valence electrons. The van der Waals surface area contributed by atoms with Crippen molar-refractivity contribution in [2.75, 3.05) is 39.4 Å². The molecule has 0 saturated carbocycles. The van der Waals surface area contributed by atoms with Crippen LogP contribution in [0.2, 0.25) is 0 Å². The molecule has 9 rings (SSSR count). The fourth-order valence-corrected chi connectivity index (χ4v) is 9.74. The molecule has 0 radical (unpaired) electrons. The third kappa shape index (κ3) is 9.39. The van der Waals surface area contributed by atoms with E-state index >= 15 is 0 Å². The number of carboxylic acids is 3. The number of hydrogen-bond acceptors (Lipinski definition) is 10. The lowest BCUT2D eigenvalue weighted by molar-refractivity contribution is 0.0686. The molecule has 73 heavy (non-hydrogen) atoms. The van der Waals surface area contributed by atoms with Crippen molar-refractivity contribution in [3.63, 3.8) is 0 Å². The lowest BCUT2D eigenvalue weighted by Crippen LogP contribution is -2.38. The molecule has 0 aliphatic carbocycles. The average Bonchev–Trinajstić information content (AvgIpc) is 4.09.